The molecule has 150 valence electrons. The zero-order valence-electron chi connectivity index (χ0n) is 16.9. The Morgan fingerprint density at radius 1 is 1.10 bits per heavy atom. The van der Waals surface area contributed by atoms with Gasteiger partial charge in [-0.2, -0.15) is 0 Å². The van der Waals surface area contributed by atoms with Crippen molar-refractivity contribution in [1.82, 2.24) is 20.3 Å². The van der Waals surface area contributed by atoms with Gasteiger partial charge in [0, 0.05) is 56.1 Å². The molecule has 1 N–H and O–H groups in total. The van der Waals surface area contributed by atoms with Gasteiger partial charge in [0.05, 0.1) is 0 Å². The number of thioether (sulfide) groups is 1. The molecule has 0 fully saturated rings. The summed E-state index contributed by atoms with van der Waals surface area (Å²) in [4.78, 5) is 27.7. The Morgan fingerprint density at radius 2 is 1.93 bits per heavy atom. The summed E-state index contributed by atoms with van der Waals surface area (Å²) < 4.78 is 0. The summed E-state index contributed by atoms with van der Waals surface area (Å²) in [5, 5.41) is 3.68. The van der Waals surface area contributed by atoms with Crippen LogP contribution in [-0.4, -0.2) is 35.0 Å². The van der Waals surface area contributed by atoms with Crippen LogP contribution >= 0.6 is 11.8 Å². The van der Waals surface area contributed by atoms with Crippen LogP contribution < -0.4 is 10.2 Å². The van der Waals surface area contributed by atoms with Gasteiger partial charge in [-0.1, -0.05) is 36.9 Å². The number of carbonyl (C=O) groups is 1. The minimum Gasteiger partial charge on any atom is -0.363 e. The first-order valence-electron chi connectivity index (χ1n) is 9.49. The fourth-order valence-electron chi connectivity index (χ4n) is 2.67. The van der Waals surface area contributed by atoms with Gasteiger partial charge in [0.2, 0.25) is 0 Å². The Morgan fingerprint density at radius 3 is 2.66 bits per heavy atom. The second-order valence-corrected chi connectivity index (χ2v) is 7.72. The summed E-state index contributed by atoms with van der Waals surface area (Å²) in [6, 6.07) is 13.5. The molecule has 0 spiro atoms. The van der Waals surface area contributed by atoms with Crippen LogP contribution in [0.25, 0.3) is 0 Å². The van der Waals surface area contributed by atoms with Gasteiger partial charge in [-0.05, 0) is 35.7 Å². The molecule has 0 atom stereocenters. The summed E-state index contributed by atoms with van der Waals surface area (Å²) >= 11 is 1.58. The standard InChI is InChI=1S/C22H25N5OS/c1-4-19-12-20(27(2)3)26-22(25-19)29-15-16-7-5-9-18(11-16)21(28)24-14-17-8-6-10-23-13-17/h5-13H,4,14-15H2,1-3H3,(H,24,28). The Hall–Kier alpha value is -2.93. The quantitative estimate of drug-likeness (QED) is 0.453. The highest BCUT2D eigenvalue weighted by atomic mass is 32.2. The average molecular weight is 408 g/mol. The lowest BCUT2D eigenvalue weighted by Gasteiger charge is -2.13. The molecule has 0 bridgehead atoms. The van der Waals surface area contributed by atoms with Gasteiger partial charge in [0.25, 0.3) is 5.91 Å². The van der Waals surface area contributed by atoms with Crippen molar-refractivity contribution < 1.29 is 4.79 Å². The normalized spacial score (nSPS) is 10.6. The number of nitrogens with zero attached hydrogens (tertiary/aromatic N) is 4. The number of nitrogens with one attached hydrogen (secondary N) is 1. The van der Waals surface area contributed by atoms with Crippen molar-refractivity contribution in [3.63, 3.8) is 0 Å². The van der Waals surface area contributed by atoms with Gasteiger partial charge in [0.15, 0.2) is 5.16 Å². The summed E-state index contributed by atoms with van der Waals surface area (Å²) in [6.07, 6.45) is 4.33. The van der Waals surface area contributed by atoms with Crippen LogP contribution in [-0.2, 0) is 18.7 Å². The highest BCUT2D eigenvalue weighted by Gasteiger charge is 2.09. The molecule has 29 heavy (non-hydrogen) atoms. The average Bonchev–Trinajstić information content (AvgIpc) is 2.76. The Bertz CT molecular complexity index is 962. The van der Waals surface area contributed by atoms with E-state index in [-0.39, 0.29) is 5.91 Å². The lowest BCUT2D eigenvalue weighted by Crippen LogP contribution is -2.22. The molecular formula is C22H25N5OS. The van der Waals surface area contributed by atoms with Crippen molar-refractivity contribution in [2.24, 2.45) is 0 Å². The summed E-state index contributed by atoms with van der Waals surface area (Å²) in [6.45, 7) is 2.54. The van der Waals surface area contributed by atoms with Crippen LogP contribution in [0.4, 0.5) is 5.82 Å². The molecular weight excluding hydrogens is 382 g/mol. The van der Waals surface area contributed by atoms with Crippen molar-refractivity contribution in [3.05, 3.63) is 77.2 Å². The van der Waals surface area contributed by atoms with E-state index in [2.05, 4.69) is 27.2 Å². The third kappa shape index (κ3) is 6.02. The number of hydrogen-bond acceptors (Lipinski definition) is 6. The van der Waals surface area contributed by atoms with Crippen molar-refractivity contribution in [2.75, 3.05) is 19.0 Å². The molecule has 0 unspecified atom stereocenters. The zero-order chi connectivity index (χ0) is 20.6. The molecule has 0 aliphatic carbocycles. The zero-order valence-corrected chi connectivity index (χ0v) is 17.7. The van der Waals surface area contributed by atoms with Crippen LogP contribution in [0.2, 0.25) is 0 Å². The molecule has 0 saturated heterocycles. The number of aromatic nitrogens is 3. The molecule has 1 amide bonds. The maximum absolute atomic E-state index is 12.5. The lowest BCUT2D eigenvalue weighted by atomic mass is 10.1. The van der Waals surface area contributed by atoms with Crippen molar-refractivity contribution in [3.8, 4) is 0 Å². The van der Waals surface area contributed by atoms with E-state index in [9.17, 15) is 4.79 Å². The van der Waals surface area contributed by atoms with Gasteiger partial charge in [-0.15, -0.1) is 0 Å². The Balaban J connectivity index is 1.64. The number of aryl methyl sites for hydroxylation is 1. The molecule has 0 aliphatic rings. The van der Waals surface area contributed by atoms with Crippen molar-refractivity contribution in [2.45, 2.75) is 30.8 Å². The van der Waals surface area contributed by atoms with E-state index in [1.165, 1.54) is 0 Å². The Kier molecular flexibility index (Phi) is 7.19. The third-order valence-electron chi connectivity index (χ3n) is 4.30. The largest absolute Gasteiger partial charge is 0.363 e. The molecule has 3 rings (SSSR count). The van der Waals surface area contributed by atoms with E-state index in [1.807, 2.05) is 61.5 Å². The fourth-order valence-corrected chi connectivity index (χ4v) is 3.49. The van der Waals surface area contributed by atoms with E-state index < -0.39 is 0 Å². The summed E-state index contributed by atoms with van der Waals surface area (Å²) in [5.41, 5.74) is 3.69. The van der Waals surface area contributed by atoms with E-state index >= 15 is 0 Å². The van der Waals surface area contributed by atoms with E-state index in [0.29, 0.717) is 17.9 Å². The van der Waals surface area contributed by atoms with Gasteiger partial charge in [-0.25, -0.2) is 9.97 Å². The van der Waals surface area contributed by atoms with E-state index in [4.69, 9.17) is 0 Å². The molecule has 3 aromatic rings. The minimum atomic E-state index is -0.0974. The van der Waals surface area contributed by atoms with Gasteiger partial charge < -0.3 is 10.2 Å². The molecule has 1 aromatic carbocycles. The van der Waals surface area contributed by atoms with Gasteiger partial charge in [0.1, 0.15) is 5.82 Å². The third-order valence-corrected chi connectivity index (χ3v) is 5.22. The highest BCUT2D eigenvalue weighted by Crippen LogP contribution is 2.23. The first-order valence-corrected chi connectivity index (χ1v) is 10.5. The second kappa shape index (κ2) is 10.0. The molecule has 2 heterocycles. The predicted octanol–water partition coefficient (Wildman–Crippen LogP) is 3.72. The number of hydrogen-bond donors (Lipinski definition) is 1. The van der Waals surface area contributed by atoms with Crippen LogP contribution in [0.15, 0.2) is 60.0 Å². The van der Waals surface area contributed by atoms with Gasteiger partial charge in [-0.3, -0.25) is 9.78 Å². The molecule has 0 radical (unpaired) electrons. The maximum Gasteiger partial charge on any atom is 0.251 e. The topological polar surface area (TPSA) is 71.0 Å². The monoisotopic (exact) mass is 407 g/mol. The van der Waals surface area contributed by atoms with Crippen LogP contribution in [0.3, 0.4) is 0 Å². The minimum absolute atomic E-state index is 0.0974. The van der Waals surface area contributed by atoms with Gasteiger partial charge >= 0.3 is 0 Å². The first-order chi connectivity index (χ1) is 14.0. The molecule has 0 aliphatic heterocycles. The van der Waals surface area contributed by atoms with Crippen molar-refractivity contribution in [1.29, 1.82) is 0 Å². The fraction of sp³-hybridized carbons (Fsp3) is 0.273. The Labute approximate surface area is 175 Å². The number of carbonyl (C=O) groups excluding carboxylic acids is 1. The first kappa shape index (κ1) is 20.8. The number of rotatable bonds is 8. The number of anilines is 1. The van der Waals surface area contributed by atoms with Crippen LogP contribution in [0, 0.1) is 0 Å². The molecule has 2 aromatic heterocycles. The highest BCUT2D eigenvalue weighted by molar-refractivity contribution is 7.98. The number of benzene rings is 1. The van der Waals surface area contributed by atoms with E-state index in [1.54, 1.807) is 24.2 Å². The molecule has 6 nitrogen and oxygen atoms in total. The second-order valence-electron chi connectivity index (χ2n) is 6.78. The smallest absolute Gasteiger partial charge is 0.251 e. The SMILES string of the molecule is CCc1cc(N(C)C)nc(SCc2cccc(C(=O)NCc3cccnc3)c2)n1. The van der Waals surface area contributed by atoms with E-state index in [0.717, 1.165) is 34.2 Å². The van der Waals surface area contributed by atoms with Crippen molar-refractivity contribution >= 4 is 23.5 Å². The van der Waals surface area contributed by atoms with Crippen LogP contribution in [0.1, 0.15) is 34.1 Å². The summed E-state index contributed by atoms with van der Waals surface area (Å²) in [5.74, 6) is 1.51. The predicted molar refractivity (Wildman–Crippen MR) is 117 cm³/mol. The lowest BCUT2D eigenvalue weighted by molar-refractivity contribution is 0.0951. The summed E-state index contributed by atoms with van der Waals surface area (Å²) in [7, 11) is 3.95. The number of amides is 1. The molecule has 7 heteroatoms. The number of pyridine rings is 1. The van der Waals surface area contributed by atoms with Crippen LogP contribution in [0.5, 0.6) is 0 Å². The molecule has 0 saturated carbocycles. The maximum atomic E-state index is 12.5.